The summed E-state index contributed by atoms with van der Waals surface area (Å²) in [5.41, 5.74) is 3.00. The van der Waals surface area contributed by atoms with Crippen LogP contribution in [-0.2, 0) is 15.6 Å². The quantitative estimate of drug-likeness (QED) is 0.538. The Morgan fingerprint density at radius 3 is 2.50 bits per heavy atom. The van der Waals surface area contributed by atoms with Crippen LogP contribution in [0, 0.1) is 0 Å². The molecule has 0 bridgehead atoms. The second kappa shape index (κ2) is 6.19. The van der Waals surface area contributed by atoms with E-state index in [1.165, 1.54) is 6.07 Å². The van der Waals surface area contributed by atoms with Crippen molar-refractivity contribution >= 4 is 42.9 Å². The minimum absolute atomic E-state index is 0.00156. The molecule has 0 fully saturated rings. The molecule has 1 atom stereocenters. The highest BCUT2D eigenvalue weighted by atomic mass is 35.7. The Morgan fingerprint density at radius 1 is 1.12 bits per heavy atom. The fraction of sp³-hybridized carbons (Fsp3) is 0.294. The minimum atomic E-state index is -3.77. The van der Waals surface area contributed by atoms with Crippen LogP contribution in [0.3, 0.4) is 0 Å². The third-order valence-corrected chi connectivity index (χ3v) is 6.28. The lowest BCUT2D eigenvalue weighted by molar-refractivity contribution is -0.906. The Bertz CT molecular complexity index is 910. The molecule has 0 aromatic heterocycles. The second-order valence-electron chi connectivity index (χ2n) is 6.79. The number of fused-ring (bicyclic) bond motifs is 1. The molecule has 3 nitrogen and oxygen atoms in total. The van der Waals surface area contributed by atoms with Gasteiger partial charge >= 0.3 is 0 Å². The summed E-state index contributed by atoms with van der Waals surface area (Å²) in [5, 5.41) is 1.23. The van der Waals surface area contributed by atoms with E-state index in [0.29, 0.717) is 10.0 Å². The maximum Gasteiger partial charge on any atom is 0.261 e. The monoisotopic (exact) mass is 404 g/mol. The molecule has 128 valence electrons. The topological polar surface area (TPSA) is 34.1 Å². The first-order valence-corrected chi connectivity index (χ1v) is 10.5. The van der Waals surface area contributed by atoms with Gasteiger partial charge in [-0.15, -0.1) is 0 Å². The lowest BCUT2D eigenvalue weighted by Gasteiger charge is -2.40. The molecule has 0 amide bonds. The van der Waals surface area contributed by atoms with Gasteiger partial charge in [0, 0.05) is 21.3 Å². The normalized spacial score (nSPS) is 19.8. The van der Waals surface area contributed by atoms with Crippen LogP contribution in [-0.4, -0.2) is 33.5 Å². The lowest BCUT2D eigenvalue weighted by Crippen LogP contribution is -2.46. The molecule has 1 aliphatic rings. The summed E-state index contributed by atoms with van der Waals surface area (Å²) in [7, 11) is 5.99. The van der Waals surface area contributed by atoms with Crippen molar-refractivity contribution in [2.75, 3.05) is 20.6 Å². The van der Waals surface area contributed by atoms with Gasteiger partial charge in [0.15, 0.2) is 0 Å². The van der Waals surface area contributed by atoms with Gasteiger partial charge in [0.2, 0.25) is 0 Å². The summed E-state index contributed by atoms with van der Waals surface area (Å²) >= 11 is 12.6. The zero-order valence-electron chi connectivity index (χ0n) is 13.3. The summed E-state index contributed by atoms with van der Waals surface area (Å²) in [5.74, 6) is -0.00156. The predicted molar refractivity (Wildman–Crippen MR) is 98.5 cm³/mol. The van der Waals surface area contributed by atoms with Crippen LogP contribution in [0.1, 0.15) is 22.6 Å². The molecule has 24 heavy (non-hydrogen) atoms. The number of likely N-dealkylation sites (N-methyl/N-ethyl adjacent to an activating group) is 1. The largest absolute Gasteiger partial charge is 0.324 e. The molecular formula is C17H17Cl3NO2S+. The summed E-state index contributed by atoms with van der Waals surface area (Å²) in [6.07, 6.45) is 0. The highest BCUT2D eigenvalue weighted by molar-refractivity contribution is 8.13. The van der Waals surface area contributed by atoms with Crippen molar-refractivity contribution in [1.82, 2.24) is 0 Å². The summed E-state index contributed by atoms with van der Waals surface area (Å²) in [6.45, 7) is 1.62. The number of rotatable bonds is 2. The lowest BCUT2D eigenvalue weighted by atomic mass is 9.84. The van der Waals surface area contributed by atoms with Gasteiger partial charge in [-0.1, -0.05) is 35.3 Å². The number of quaternary nitrogens is 1. The third kappa shape index (κ3) is 3.58. The number of hydrogen-bond acceptors (Lipinski definition) is 2. The van der Waals surface area contributed by atoms with Gasteiger partial charge in [-0.25, -0.2) is 8.42 Å². The maximum atomic E-state index is 11.7. The molecule has 1 aliphatic heterocycles. The van der Waals surface area contributed by atoms with E-state index in [4.69, 9.17) is 33.9 Å². The predicted octanol–water partition coefficient (Wildman–Crippen LogP) is 4.64. The summed E-state index contributed by atoms with van der Waals surface area (Å²) in [6, 6.07) is 10.4. The first-order valence-electron chi connectivity index (χ1n) is 7.41. The fourth-order valence-electron chi connectivity index (χ4n) is 3.35. The molecule has 0 aliphatic carbocycles. The van der Waals surface area contributed by atoms with Crippen molar-refractivity contribution in [3.8, 4) is 0 Å². The maximum absolute atomic E-state index is 11.7. The van der Waals surface area contributed by atoms with E-state index in [9.17, 15) is 8.42 Å². The van der Waals surface area contributed by atoms with Crippen LogP contribution in [0.5, 0.6) is 0 Å². The molecule has 0 N–H and O–H groups in total. The zero-order valence-corrected chi connectivity index (χ0v) is 16.3. The smallest absolute Gasteiger partial charge is 0.261 e. The first-order chi connectivity index (χ1) is 11.1. The zero-order chi connectivity index (χ0) is 17.7. The van der Waals surface area contributed by atoms with Gasteiger partial charge < -0.3 is 4.48 Å². The molecule has 1 unspecified atom stereocenters. The number of nitrogens with zero attached hydrogens (tertiary/aromatic N) is 1. The van der Waals surface area contributed by atoms with Crippen LogP contribution in [0.25, 0.3) is 0 Å². The van der Waals surface area contributed by atoms with Gasteiger partial charge in [-0.3, -0.25) is 0 Å². The van der Waals surface area contributed by atoms with Crippen LogP contribution in [0.4, 0.5) is 0 Å². The van der Waals surface area contributed by atoms with Crippen molar-refractivity contribution in [2.24, 2.45) is 0 Å². The van der Waals surface area contributed by atoms with Gasteiger partial charge in [0.05, 0.1) is 36.5 Å². The Morgan fingerprint density at radius 2 is 1.83 bits per heavy atom. The summed E-state index contributed by atoms with van der Waals surface area (Å²) in [4.78, 5) is 0.104. The van der Waals surface area contributed by atoms with Gasteiger partial charge in [-0.05, 0) is 35.4 Å². The van der Waals surface area contributed by atoms with Crippen LogP contribution in [0.15, 0.2) is 41.3 Å². The van der Waals surface area contributed by atoms with Crippen molar-refractivity contribution in [2.45, 2.75) is 17.4 Å². The van der Waals surface area contributed by atoms with Crippen LogP contribution in [0.2, 0.25) is 10.0 Å². The van der Waals surface area contributed by atoms with Crippen LogP contribution >= 0.6 is 33.9 Å². The van der Waals surface area contributed by atoms with Gasteiger partial charge in [0.1, 0.15) is 6.54 Å². The summed E-state index contributed by atoms with van der Waals surface area (Å²) < 4.78 is 24.1. The standard InChI is InChI=1S/C17H17Cl3NO2S/c1-21(2)9-15(11-4-3-5-13(6-11)24(20,22)23)14-7-12(18)8-17(19)16(14)10-21/h3-8,15H,9-10H2,1-2H3/q+1. The van der Waals surface area contributed by atoms with Crippen molar-refractivity contribution in [1.29, 1.82) is 0 Å². The van der Waals surface area contributed by atoms with Crippen molar-refractivity contribution in [3.05, 3.63) is 63.1 Å². The van der Waals surface area contributed by atoms with E-state index in [0.717, 1.165) is 34.3 Å². The number of benzene rings is 2. The van der Waals surface area contributed by atoms with E-state index in [2.05, 4.69) is 14.1 Å². The number of hydrogen-bond donors (Lipinski definition) is 0. The molecule has 0 saturated carbocycles. The Kier molecular flexibility index (Phi) is 4.65. The minimum Gasteiger partial charge on any atom is -0.324 e. The number of halogens is 3. The Hall–Kier alpha value is -0.780. The van der Waals surface area contributed by atoms with Crippen LogP contribution < -0.4 is 0 Å². The molecule has 0 radical (unpaired) electrons. The Balaban J connectivity index is 2.19. The molecule has 7 heteroatoms. The molecule has 3 rings (SSSR count). The molecule has 2 aromatic carbocycles. The van der Waals surface area contributed by atoms with E-state index in [1.807, 2.05) is 12.1 Å². The highest BCUT2D eigenvalue weighted by Crippen LogP contribution is 2.40. The molecular weight excluding hydrogens is 389 g/mol. The van der Waals surface area contributed by atoms with Crippen molar-refractivity contribution in [3.63, 3.8) is 0 Å². The fourth-order valence-corrected chi connectivity index (χ4v) is 4.73. The highest BCUT2D eigenvalue weighted by Gasteiger charge is 2.35. The SMILES string of the molecule is C[N+]1(C)Cc2c(Cl)cc(Cl)cc2C(c2cccc(S(=O)(=O)Cl)c2)C1. The molecule has 1 heterocycles. The average Bonchev–Trinajstić information content (AvgIpc) is 2.46. The van der Waals surface area contributed by atoms with E-state index < -0.39 is 9.05 Å². The van der Waals surface area contributed by atoms with E-state index in [-0.39, 0.29) is 10.8 Å². The van der Waals surface area contributed by atoms with Gasteiger partial charge in [-0.2, -0.15) is 0 Å². The van der Waals surface area contributed by atoms with E-state index >= 15 is 0 Å². The van der Waals surface area contributed by atoms with Crippen molar-refractivity contribution < 1.29 is 12.9 Å². The average molecular weight is 406 g/mol. The molecule has 0 saturated heterocycles. The Labute approximate surface area is 156 Å². The second-order valence-corrected chi connectivity index (χ2v) is 10.2. The van der Waals surface area contributed by atoms with Gasteiger partial charge in [0.25, 0.3) is 9.05 Å². The first kappa shape index (κ1) is 18.0. The molecule has 2 aromatic rings. The van der Waals surface area contributed by atoms with E-state index in [1.54, 1.807) is 18.2 Å². The molecule has 0 spiro atoms. The third-order valence-electron chi connectivity index (χ3n) is 4.38.